The van der Waals surface area contributed by atoms with Gasteiger partial charge in [0.2, 0.25) is 0 Å². The van der Waals surface area contributed by atoms with Crippen LogP contribution >= 0.6 is 15.9 Å². The number of hydrogen-bond donors (Lipinski definition) is 0. The Morgan fingerprint density at radius 2 is 2.29 bits per heavy atom. The Hall–Kier alpha value is -2.46. The molecule has 3 heterocycles. The molecular formula is C14H10BrN5O. The van der Waals surface area contributed by atoms with Gasteiger partial charge in [-0.2, -0.15) is 10.4 Å². The van der Waals surface area contributed by atoms with Gasteiger partial charge in [-0.1, -0.05) is 0 Å². The lowest BCUT2D eigenvalue weighted by atomic mass is 9.98. The topological polar surface area (TPSA) is 76.0 Å². The third kappa shape index (κ3) is 2.23. The molecule has 7 heteroatoms. The summed E-state index contributed by atoms with van der Waals surface area (Å²) in [5, 5.41) is 13.5. The van der Waals surface area contributed by atoms with Gasteiger partial charge in [0.05, 0.1) is 22.3 Å². The molecule has 0 saturated carbocycles. The Labute approximate surface area is 128 Å². The molecule has 6 nitrogen and oxygen atoms in total. The van der Waals surface area contributed by atoms with Crippen molar-refractivity contribution < 1.29 is 4.79 Å². The Morgan fingerprint density at radius 1 is 1.48 bits per heavy atom. The van der Waals surface area contributed by atoms with Gasteiger partial charge in [0, 0.05) is 31.2 Å². The maximum Gasteiger partial charge on any atom is 0.187 e. The summed E-state index contributed by atoms with van der Waals surface area (Å²) in [5.74, 6) is -0.758. The normalized spacial score (nSPS) is 12.2. The quantitative estimate of drug-likeness (QED) is 0.684. The van der Waals surface area contributed by atoms with Crippen LogP contribution in [0.4, 0.5) is 0 Å². The molecule has 0 aliphatic rings. The number of aryl methyl sites for hydroxylation is 1. The van der Waals surface area contributed by atoms with Crippen LogP contribution in [0.3, 0.4) is 0 Å². The highest BCUT2D eigenvalue weighted by Gasteiger charge is 2.25. The molecule has 0 spiro atoms. The largest absolute Gasteiger partial charge is 0.337 e. The summed E-state index contributed by atoms with van der Waals surface area (Å²) in [6.45, 7) is 0. The summed E-state index contributed by atoms with van der Waals surface area (Å²) in [5.41, 5.74) is 1.23. The zero-order chi connectivity index (χ0) is 15.0. The lowest BCUT2D eigenvalue weighted by Crippen LogP contribution is -2.15. The molecule has 3 aromatic rings. The fourth-order valence-electron chi connectivity index (χ4n) is 2.16. The van der Waals surface area contributed by atoms with Crippen molar-refractivity contribution in [3.8, 4) is 6.07 Å². The highest BCUT2D eigenvalue weighted by atomic mass is 79.9. The van der Waals surface area contributed by atoms with E-state index in [4.69, 9.17) is 0 Å². The van der Waals surface area contributed by atoms with E-state index in [1.165, 1.54) is 0 Å². The van der Waals surface area contributed by atoms with Gasteiger partial charge >= 0.3 is 0 Å². The number of halogens is 1. The molecular weight excluding hydrogens is 334 g/mol. The van der Waals surface area contributed by atoms with Gasteiger partial charge in [0.15, 0.2) is 11.7 Å². The highest BCUT2D eigenvalue weighted by Crippen LogP contribution is 2.22. The molecule has 21 heavy (non-hydrogen) atoms. The summed E-state index contributed by atoms with van der Waals surface area (Å²) in [6, 6.07) is 5.40. The zero-order valence-electron chi connectivity index (χ0n) is 11.1. The molecule has 104 valence electrons. The second-order valence-electron chi connectivity index (χ2n) is 4.56. The molecule has 0 aromatic carbocycles. The van der Waals surface area contributed by atoms with E-state index in [0.29, 0.717) is 11.4 Å². The lowest BCUT2D eigenvalue weighted by Gasteiger charge is -2.08. The van der Waals surface area contributed by atoms with E-state index in [9.17, 15) is 10.1 Å². The molecule has 0 N–H and O–H groups in total. The standard InChI is InChI=1S/C14H10BrN5O/c1-19-5-3-17-14(19)10(7-16)13(21)9-2-4-20-12(6-9)11(15)8-18-20/h2-6,8,10H,1H3. The number of imidazole rings is 1. The minimum atomic E-state index is -0.922. The molecule has 0 fully saturated rings. The van der Waals surface area contributed by atoms with Crippen molar-refractivity contribution in [2.24, 2.45) is 7.05 Å². The van der Waals surface area contributed by atoms with Gasteiger partial charge in [0.1, 0.15) is 5.82 Å². The maximum absolute atomic E-state index is 12.6. The van der Waals surface area contributed by atoms with Gasteiger partial charge in [-0.25, -0.2) is 9.50 Å². The van der Waals surface area contributed by atoms with Crippen molar-refractivity contribution in [3.63, 3.8) is 0 Å². The fourth-order valence-corrected chi connectivity index (χ4v) is 2.55. The zero-order valence-corrected chi connectivity index (χ0v) is 12.6. The maximum atomic E-state index is 12.6. The predicted molar refractivity (Wildman–Crippen MR) is 78.8 cm³/mol. The molecule has 3 aromatic heterocycles. The number of fused-ring (bicyclic) bond motifs is 1. The third-order valence-corrected chi connectivity index (χ3v) is 3.88. The van der Waals surface area contributed by atoms with Gasteiger partial charge in [0.25, 0.3) is 0 Å². The summed E-state index contributed by atoms with van der Waals surface area (Å²) in [7, 11) is 1.76. The number of aromatic nitrogens is 4. The molecule has 0 aliphatic heterocycles. The summed E-state index contributed by atoms with van der Waals surface area (Å²) in [6.07, 6.45) is 6.64. The lowest BCUT2D eigenvalue weighted by molar-refractivity contribution is 0.0975. The first kappa shape index (κ1) is 13.5. The predicted octanol–water partition coefficient (Wildman–Crippen LogP) is 2.32. The van der Waals surface area contributed by atoms with Crippen LogP contribution in [0.25, 0.3) is 5.52 Å². The van der Waals surface area contributed by atoms with E-state index in [2.05, 4.69) is 26.0 Å². The molecule has 0 aliphatic carbocycles. The van der Waals surface area contributed by atoms with Crippen molar-refractivity contribution in [2.45, 2.75) is 5.92 Å². The first-order valence-corrected chi connectivity index (χ1v) is 6.95. The first-order valence-electron chi connectivity index (χ1n) is 6.15. The van der Waals surface area contributed by atoms with Gasteiger partial charge < -0.3 is 4.57 Å². The van der Waals surface area contributed by atoms with E-state index in [0.717, 1.165) is 9.99 Å². The van der Waals surface area contributed by atoms with E-state index in [-0.39, 0.29) is 5.78 Å². The van der Waals surface area contributed by atoms with Crippen molar-refractivity contribution >= 4 is 27.2 Å². The smallest absolute Gasteiger partial charge is 0.187 e. The van der Waals surface area contributed by atoms with Crippen LogP contribution in [-0.2, 0) is 7.05 Å². The monoisotopic (exact) mass is 343 g/mol. The fraction of sp³-hybridized carbons (Fsp3) is 0.143. The Morgan fingerprint density at radius 3 is 2.95 bits per heavy atom. The number of ketones is 1. The van der Waals surface area contributed by atoms with E-state index >= 15 is 0 Å². The first-order chi connectivity index (χ1) is 10.1. The van der Waals surface area contributed by atoms with Crippen LogP contribution in [0.5, 0.6) is 0 Å². The number of rotatable bonds is 3. The molecule has 1 atom stereocenters. The molecule has 3 rings (SSSR count). The molecule has 0 radical (unpaired) electrons. The molecule has 0 bridgehead atoms. The second kappa shape index (κ2) is 5.14. The van der Waals surface area contributed by atoms with Gasteiger partial charge in [-0.05, 0) is 28.1 Å². The van der Waals surface area contributed by atoms with Crippen molar-refractivity contribution in [2.75, 3.05) is 0 Å². The molecule has 1 unspecified atom stereocenters. The van der Waals surface area contributed by atoms with Crippen molar-refractivity contribution in [1.29, 1.82) is 5.26 Å². The molecule has 0 amide bonds. The number of hydrogen-bond acceptors (Lipinski definition) is 4. The van der Waals surface area contributed by atoms with Crippen LogP contribution in [0.15, 0.2) is 41.4 Å². The number of pyridine rings is 1. The Bertz CT molecular complexity index is 873. The Balaban J connectivity index is 2.05. The highest BCUT2D eigenvalue weighted by molar-refractivity contribution is 9.10. The number of carbonyl (C=O) groups is 1. The number of nitrogens with zero attached hydrogens (tertiary/aromatic N) is 5. The minimum absolute atomic E-state index is 0.276. The van der Waals surface area contributed by atoms with E-state index in [1.807, 2.05) is 6.07 Å². The van der Waals surface area contributed by atoms with E-state index in [1.54, 1.807) is 53.1 Å². The van der Waals surface area contributed by atoms with Crippen molar-refractivity contribution in [3.05, 3.63) is 52.8 Å². The SMILES string of the molecule is Cn1ccnc1C(C#N)C(=O)c1ccn2ncc(Br)c2c1. The average Bonchev–Trinajstić information content (AvgIpc) is 3.07. The van der Waals surface area contributed by atoms with Crippen LogP contribution in [-0.4, -0.2) is 24.9 Å². The summed E-state index contributed by atoms with van der Waals surface area (Å²) in [4.78, 5) is 16.7. The second-order valence-corrected chi connectivity index (χ2v) is 5.41. The Kier molecular flexibility index (Phi) is 3.31. The summed E-state index contributed by atoms with van der Waals surface area (Å²) < 4.78 is 4.13. The third-order valence-electron chi connectivity index (χ3n) is 3.27. The van der Waals surface area contributed by atoms with Crippen LogP contribution < -0.4 is 0 Å². The number of Topliss-reactive ketones (excluding diaryl/α,β-unsaturated/α-hetero) is 1. The molecule has 0 saturated heterocycles. The van der Waals surface area contributed by atoms with Gasteiger partial charge in [-0.15, -0.1) is 0 Å². The van der Waals surface area contributed by atoms with E-state index < -0.39 is 5.92 Å². The van der Waals surface area contributed by atoms with Crippen LogP contribution in [0.2, 0.25) is 0 Å². The number of carbonyl (C=O) groups excluding carboxylic acids is 1. The van der Waals surface area contributed by atoms with Crippen LogP contribution in [0, 0.1) is 11.3 Å². The van der Waals surface area contributed by atoms with Crippen LogP contribution in [0.1, 0.15) is 22.1 Å². The number of nitriles is 1. The summed E-state index contributed by atoms with van der Waals surface area (Å²) >= 11 is 3.38. The van der Waals surface area contributed by atoms with Gasteiger partial charge in [-0.3, -0.25) is 4.79 Å². The average molecular weight is 344 g/mol. The van der Waals surface area contributed by atoms with Crippen molar-refractivity contribution in [1.82, 2.24) is 19.2 Å². The minimum Gasteiger partial charge on any atom is -0.337 e.